The van der Waals surface area contributed by atoms with Gasteiger partial charge in [-0.05, 0) is 68.7 Å². The number of carbonyl (C=O) groups is 2. The Morgan fingerprint density at radius 2 is 1.65 bits per heavy atom. The maximum atomic E-state index is 12.4. The number of ether oxygens (including phenoxy) is 1. The second-order valence-electron chi connectivity index (χ2n) is 8.33. The van der Waals surface area contributed by atoms with Crippen LogP contribution in [0.2, 0.25) is 0 Å². The lowest BCUT2D eigenvalue weighted by molar-refractivity contribution is -0.119. The standard InChI is InChI=1S/C25H33N3O3/c1-18(2)31-23-14-8-19(9-15-23)16-27-24(29)17-26-21-12-10-20(11-13-21)25(30)28-22-6-4-3-5-7-22/h8-15,18,22,26H,3-7,16-17H2,1-2H3,(H,27,29)(H,28,30). The molecular formula is C25H33N3O3. The third-order valence-corrected chi connectivity index (χ3v) is 5.33. The van der Waals surface area contributed by atoms with Crippen LogP contribution in [-0.2, 0) is 11.3 Å². The average Bonchev–Trinajstić information content (AvgIpc) is 2.78. The molecule has 0 bridgehead atoms. The van der Waals surface area contributed by atoms with Crippen LogP contribution in [0.3, 0.4) is 0 Å². The summed E-state index contributed by atoms with van der Waals surface area (Å²) in [6.07, 6.45) is 5.91. The highest BCUT2D eigenvalue weighted by molar-refractivity contribution is 5.94. The van der Waals surface area contributed by atoms with Gasteiger partial charge < -0.3 is 20.7 Å². The molecule has 1 aliphatic rings. The first kappa shape index (κ1) is 22.7. The minimum Gasteiger partial charge on any atom is -0.491 e. The Balaban J connectivity index is 1.39. The highest BCUT2D eigenvalue weighted by Crippen LogP contribution is 2.18. The highest BCUT2D eigenvalue weighted by atomic mass is 16.5. The molecule has 3 N–H and O–H groups in total. The Morgan fingerprint density at radius 1 is 0.968 bits per heavy atom. The van der Waals surface area contributed by atoms with Gasteiger partial charge in [-0.1, -0.05) is 31.4 Å². The SMILES string of the molecule is CC(C)Oc1ccc(CNC(=O)CNc2ccc(C(=O)NC3CCCCC3)cc2)cc1. The van der Waals surface area contributed by atoms with E-state index in [-0.39, 0.29) is 24.5 Å². The summed E-state index contributed by atoms with van der Waals surface area (Å²) in [4.78, 5) is 24.5. The van der Waals surface area contributed by atoms with E-state index in [0.29, 0.717) is 18.2 Å². The highest BCUT2D eigenvalue weighted by Gasteiger charge is 2.16. The fourth-order valence-electron chi connectivity index (χ4n) is 3.66. The smallest absolute Gasteiger partial charge is 0.251 e. The molecule has 1 aliphatic carbocycles. The Morgan fingerprint density at radius 3 is 2.29 bits per heavy atom. The third-order valence-electron chi connectivity index (χ3n) is 5.33. The summed E-state index contributed by atoms with van der Waals surface area (Å²) in [6, 6.07) is 15.2. The monoisotopic (exact) mass is 423 g/mol. The maximum Gasteiger partial charge on any atom is 0.251 e. The molecule has 0 atom stereocenters. The second kappa shape index (κ2) is 11.4. The van der Waals surface area contributed by atoms with Gasteiger partial charge in [0.2, 0.25) is 5.91 Å². The van der Waals surface area contributed by atoms with Gasteiger partial charge in [-0.15, -0.1) is 0 Å². The van der Waals surface area contributed by atoms with Crippen molar-refractivity contribution in [2.45, 2.75) is 64.6 Å². The summed E-state index contributed by atoms with van der Waals surface area (Å²) in [5, 5.41) is 9.11. The predicted molar refractivity (Wildman–Crippen MR) is 123 cm³/mol. The van der Waals surface area contributed by atoms with Gasteiger partial charge in [0, 0.05) is 23.8 Å². The van der Waals surface area contributed by atoms with E-state index in [0.717, 1.165) is 29.8 Å². The first-order valence-electron chi connectivity index (χ1n) is 11.2. The van der Waals surface area contributed by atoms with Crippen molar-refractivity contribution >= 4 is 17.5 Å². The van der Waals surface area contributed by atoms with E-state index in [1.54, 1.807) is 12.1 Å². The molecule has 0 radical (unpaired) electrons. The predicted octanol–water partition coefficient (Wildman–Crippen LogP) is 4.26. The Kier molecular flexibility index (Phi) is 8.33. The minimum atomic E-state index is -0.0957. The average molecular weight is 424 g/mol. The molecule has 2 aromatic carbocycles. The molecule has 0 aliphatic heterocycles. The van der Waals surface area contributed by atoms with Crippen LogP contribution in [0.25, 0.3) is 0 Å². The molecule has 31 heavy (non-hydrogen) atoms. The van der Waals surface area contributed by atoms with Gasteiger partial charge in [0.1, 0.15) is 5.75 Å². The summed E-state index contributed by atoms with van der Waals surface area (Å²) in [7, 11) is 0. The van der Waals surface area contributed by atoms with Crippen molar-refractivity contribution in [3.63, 3.8) is 0 Å². The van der Waals surface area contributed by atoms with Gasteiger partial charge >= 0.3 is 0 Å². The number of benzene rings is 2. The van der Waals surface area contributed by atoms with Crippen LogP contribution in [0.1, 0.15) is 61.9 Å². The first-order valence-corrected chi connectivity index (χ1v) is 11.2. The van der Waals surface area contributed by atoms with E-state index in [1.807, 2.05) is 50.2 Å². The number of hydrogen-bond acceptors (Lipinski definition) is 4. The second-order valence-corrected chi connectivity index (χ2v) is 8.33. The third kappa shape index (κ3) is 7.63. The molecular weight excluding hydrogens is 390 g/mol. The van der Waals surface area contributed by atoms with E-state index < -0.39 is 0 Å². The molecule has 0 aromatic heterocycles. The summed E-state index contributed by atoms with van der Waals surface area (Å²) < 4.78 is 5.62. The van der Waals surface area contributed by atoms with Crippen molar-refractivity contribution in [3.05, 3.63) is 59.7 Å². The number of rotatable bonds is 9. The topological polar surface area (TPSA) is 79.5 Å². The number of carbonyl (C=O) groups excluding carboxylic acids is 2. The fraction of sp³-hybridized carbons (Fsp3) is 0.440. The molecule has 1 saturated carbocycles. The Hall–Kier alpha value is -3.02. The summed E-state index contributed by atoms with van der Waals surface area (Å²) in [5.41, 5.74) is 2.46. The van der Waals surface area contributed by atoms with Crippen molar-refractivity contribution < 1.29 is 14.3 Å². The van der Waals surface area contributed by atoms with Crippen LogP contribution in [-0.4, -0.2) is 30.5 Å². The van der Waals surface area contributed by atoms with Crippen LogP contribution in [0.5, 0.6) is 5.75 Å². The van der Waals surface area contributed by atoms with Crippen LogP contribution in [0.15, 0.2) is 48.5 Å². The molecule has 0 unspecified atom stereocenters. The van der Waals surface area contributed by atoms with Crippen LogP contribution in [0.4, 0.5) is 5.69 Å². The van der Waals surface area contributed by atoms with Crippen molar-refractivity contribution in [2.24, 2.45) is 0 Å². The molecule has 1 fully saturated rings. The minimum absolute atomic E-state index is 0.0268. The lowest BCUT2D eigenvalue weighted by Crippen LogP contribution is -2.36. The van der Waals surface area contributed by atoms with Crippen LogP contribution < -0.4 is 20.7 Å². The number of amides is 2. The summed E-state index contributed by atoms with van der Waals surface area (Å²) in [5.74, 6) is 0.699. The van der Waals surface area contributed by atoms with Crippen molar-refractivity contribution in [1.29, 1.82) is 0 Å². The molecule has 6 heteroatoms. The zero-order valence-electron chi connectivity index (χ0n) is 18.4. The zero-order chi connectivity index (χ0) is 22.1. The molecule has 0 spiro atoms. The van der Waals surface area contributed by atoms with Gasteiger partial charge in [-0.25, -0.2) is 0 Å². The van der Waals surface area contributed by atoms with Gasteiger partial charge in [0.25, 0.3) is 5.91 Å². The quantitative estimate of drug-likeness (QED) is 0.563. The van der Waals surface area contributed by atoms with E-state index in [9.17, 15) is 9.59 Å². The maximum absolute atomic E-state index is 12.4. The summed E-state index contributed by atoms with van der Waals surface area (Å²) in [6.45, 7) is 4.60. The lowest BCUT2D eigenvalue weighted by atomic mass is 9.95. The fourth-order valence-corrected chi connectivity index (χ4v) is 3.66. The molecule has 0 saturated heterocycles. The Labute approximate surface area is 184 Å². The zero-order valence-corrected chi connectivity index (χ0v) is 18.4. The van der Waals surface area contributed by atoms with Gasteiger partial charge in [0.05, 0.1) is 12.6 Å². The van der Waals surface area contributed by atoms with Crippen molar-refractivity contribution in [1.82, 2.24) is 10.6 Å². The van der Waals surface area contributed by atoms with E-state index in [2.05, 4.69) is 16.0 Å². The van der Waals surface area contributed by atoms with Crippen LogP contribution in [0, 0.1) is 0 Å². The Bertz CT molecular complexity index is 841. The van der Waals surface area contributed by atoms with Crippen LogP contribution >= 0.6 is 0 Å². The number of anilines is 1. The number of hydrogen-bond donors (Lipinski definition) is 3. The molecule has 6 nitrogen and oxygen atoms in total. The van der Waals surface area contributed by atoms with Gasteiger partial charge in [-0.2, -0.15) is 0 Å². The van der Waals surface area contributed by atoms with E-state index in [4.69, 9.17) is 4.74 Å². The van der Waals surface area contributed by atoms with Gasteiger partial charge in [-0.3, -0.25) is 9.59 Å². The van der Waals surface area contributed by atoms with Gasteiger partial charge in [0.15, 0.2) is 0 Å². The molecule has 3 rings (SSSR count). The molecule has 166 valence electrons. The molecule has 2 amide bonds. The van der Waals surface area contributed by atoms with Crippen molar-refractivity contribution in [2.75, 3.05) is 11.9 Å². The first-order chi connectivity index (χ1) is 15.0. The molecule has 0 heterocycles. The van der Waals surface area contributed by atoms with Crippen molar-refractivity contribution in [3.8, 4) is 5.75 Å². The normalized spacial score (nSPS) is 14.2. The molecule has 2 aromatic rings. The largest absolute Gasteiger partial charge is 0.491 e. The van der Waals surface area contributed by atoms with E-state index >= 15 is 0 Å². The number of nitrogens with one attached hydrogen (secondary N) is 3. The summed E-state index contributed by atoms with van der Waals surface area (Å²) >= 11 is 0. The van der Waals surface area contributed by atoms with E-state index in [1.165, 1.54) is 19.3 Å². The lowest BCUT2D eigenvalue weighted by Gasteiger charge is -2.22.